The Morgan fingerprint density at radius 1 is 1.24 bits per heavy atom. The molecule has 0 heterocycles. The van der Waals surface area contributed by atoms with Crippen LogP contribution in [0.3, 0.4) is 0 Å². The van der Waals surface area contributed by atoms with Crippen molar-refractivity contribution in [3.8, 4) is 0 Å². The highest BCUT2D eigenvalue weighted by molar-refractivity contribution is 7.92. The lowest BCUT2D eigenvalue weighted by Crippen LogP contribution is -2.28. The highest BCUT2D eigenvalue weighted by Crippen LogP contribution is 2.34. The zero-order valence-corrected chi connectivity index (χ0v) is 13.5. The van der Waals surface area contributed by atoms with Gasteiger partial charge in [0.05, 0.1) is 15.7 Å². The Balaban J connectivity index is 2.51. The molecule has 1 fully saturated rings. The molecule has 116 valence electrons. The van der Waals surface area contributed by atoms with Gasteiger partial charge >= 0.3 is 5.97 Å². The molecule has 1 aromatic carbocycles. The lowest BCUT2D eigenvalue weighted by atomic mass is 9.91. The maximum absolute atomic E-state index is 12.9. The Hall–Kier alpha value is -1.36. The van der Waals surface area contributed by atoms with Gasteiger partial charge in [0.1, 0.15) is 0 Å². The van der Waals surface area contributed by atoms with E-state index in [1.54, 1.807) is 13.8 Å². The van der Waals surface area contributed by atoms with Crippen LogP contribution in [0.15, 0.2) is 17.0 Å². The molecule has 21 heavy (non-hydrogen) atoms. The van der Waals surface area contributed by atoms with Gasteiger partial charge in [-0.05, 0) is 55.9 Å². The number of benzene rings is 1. The van der Waals surface area contributed by atoms with Crippen molar-refractivity contribution in [1.82, 2.24) is 0 Å². The second kappa shape index (κ2) is 5.79. The molecule has 0 amide bonds. The molecule has 0 bridgehead atoms. The van der Waals surface area contributed by atoms with Crippen LogP contribution in [0.25, 0.3) is 0 Å². The molecule has 1 aromatic rings. The van der Waals surface area contributed by atoms with Gasteiger partial charge < -0.3 is 5.11 Å². The van der Waals surface area contributed by atoms with E-state index in [4.69, 9.17) is 5.11 Å². The Morgan fingerprint density at radius 3 is 2.48 bits per heavy atom. The SMILES string of the molecule is Cc1cc(C(=O)O)cc(S(=O)(=O)C2CCCC(C)C2)c1C. The number of carboxylic acids is 1. The number of aromatic carboxylic acids is 1. The zero-order chi connectivity index (χ0) is 15.8. The topological polar surface area (TPSA) is 71.4 Å². The molecular weight excluding hydrogens is 288 g/mol. The molecule has 2 atom stereocenters. The van der Waals surface area contributed by atoms with E-state index in [2.05, 4.69) is 6.92 Å². The molecule has 0 aliphatic heterocycles. The van der Waals surface area contributed by atoms with Crippen LogP contribution in [0.2, 0.25) is 0 Å². The lowest BCUT2D eigenvalue weighted by Gasteiger charge is -2.27. The van der Waals surface area contributed by atoms with E-state index < -0.39 is 15.8 Å². The van der Waals surface area contributed by atoms with Gasteiger partial charge in [0, 0.05) is 0 Å². The summed E-state index contributed by atoms with van der Waals surface area (Å²) in [5.74, 6) is -0.686. The van der Waals surface area contributed by atoms with E-state index in [1.165, 1.54) is 12.1 Å². The molecule has 1 aliphatic rings. The Morgan fingerprint density at radius 2 is 1.90 bits per heavy atom. The van der Waals surface area contributed by atoms with Crippen LogP contribution >= 0.6 is 0 Å². The predicted molar refractivity (Wildman–Crippen MR) is 81.5 cm³/mol. The monoisotopic (exact) mass is 310 g/mol. The zero-order valence-electron chi connectivity index (χ0n) is 12.7. The molecule has 2 rings (SSSR count). The van der Waals surface area contributed by atoms with Gasteiger partial charge in [-0.3, -0.25) is 0 Å². The Kier molecular flexibility index (Phi) is 4.42. The summed E-state index contributed by atoms with van der Waals surface area (Å²) in [5.41, 5.74) is 1.41. The molecule has 4 nitrogen and oxygen atoms in total. The minimum absolute atomic E-state index is 0.0422. The number of carbonyl (C=O) groups is 1. The summed E-state index contributed by atoms with van der Waals surface area (Å²) in [6.45, 7) is 5.58. The van der Waals surface area contributed by atoms with Crippen LogP contribution in [0, 0.1) is 19.8 Å². The van der Waals surface area contributed by atoms with Crippen molar-refractivity contribution in [1.29, 1.82) is 0 Å². The standard InChI is InChI=1S/C16H22O4S/c1-10-5-4-6-14(7-10)21(19,20)15-9-13(16(17)18)8-11(2)12(15)3/h8-10,14H,4-7H2,1-3H3,(H,17,18). The van der Waals surface area contributed by atoms with E-state index in [-0.39, 0.29) is 15.7 Å². The summed E-state index contributed by atoms with van der Waals surface area (Å²) in [5, 5.41) is 8.76. The number of aryl methyl sites for hydroxylation is 1. The number of hydrogen-bond donors (Lipinski definition) is 1. The fourth-order valence-corrected chi connectivity index (χ4v) is 5.38. The number of carboxylic acid groups (broad SMARTS) is 1. The summed E-state index contributed by atoms with van der Waals surface area (Å²) in [7, 11) is -3.47. The molecule has 0 saturated heterocycles. The van der Waals surface area contributed by atoms with Gasteiger partial charge in [-0.1, -0.05) is 19.8 Å². The number of rotatable bonds is 3. The minimum Gasteiger partial charge on any atom is -0.478 e. The lowest BCUT2D eigenvalue weighted by molar-refractivity contribution is 0.0696. The molecule has 0 radical (unpaired) electrons. The highest BCUT2D eigenvalue weighted by Gasteiger charge is 2.33. The third-order valence-corrected chi connectivity index (χ3v) is 6.84. The maximum atomic E-state index is 12.9. The Bertz CT molecular complexity index is 661. The fraction of sp³-hybridized carbons (Fsp3) is 0.562. The first kappa shape index (κ1) is 16.0. The van der Waals surface area contributed by atoms with E-state index in [0.717, 1.165) is 12.8 Å². The number of sulfone groups is 1. The van der Waals surface area contributed by atoms with Crippen molar-refractivity contribution >= 4 is 15.8 Å². The van der Waals surface area contributed by atoms with E-state index in [9.17, 15) is 13.2 Å². The summed E-state index contributed by atoms with van der Waals surface area (Å²) in [6.07, 6.45) is 3.32. The first-order valence-corrected chi connectivity index (χ1v) is 8.86. The highest BCUT2D eigenvalue weighted by atomic mass is 32.2. The van der Waals surface area contributed by atoms with E-state index in [1.807, 2.05) is 0 Å². The van der Waals surface area contributed by atoms with Crippen molar-refractivity contribution in [3.05, 3.63) is 28.8 Å². The van der Waals surface area contributed by atoms with E-state index in [0.29, 0.717) is 29.9 Å². The van der Waals surface area contributed by atoms with Crippen LogP contribution in [0.5, 0.6) is 0 Å². The van der Waals surface area contributed by atoms with Crippen LogP contribution < -0.4 is 0 Å². The molecule has 1 saturated carbocycles. The molecule has 0 spiro atoms. The van der Waals surface area contributed by atoms with Crippen molar-refractivity contribution in [2.75, 3.05) is 0 Å². The van der Waals surface area contributed by atoms with Gasteiger partial charge in [-0.25, -0.2) is 13.2 Å². The van der Waals surface area contributed by atoms with Crippen LogP contribution in [-0.2, 0) is 9.84 Å². The summed E-state index contributed by atoms with van der Waals surface area (Å²) in [4.78, 5) is 11.4. The van der Waals surface area contributed by atoms with Gasteiger partial charge in [-0.15, -0.1) is 0 Å². The molecular formula is C16H22O4S. The fourth-order valence-electron chi connectivity index (χ4n) is 3.09. The van der Waals surface area contributed by atoms with Crippen molar-refractivity contribution in [3.63, 3.8) is 0 Å². The summed E-state index contributed by atoms with van der Waals surface area (Å²) < 4.78 is 25.8. The summed E-state index contributed by atoms with van der Waals surface area (Å²) in [6, 6.07) is 2.85. The van der Waals surface area contributed by atoms with Gasteiger partial charge in [0.2, 0.25) is 0 Å². The third kappa shape index (κ3) is 3.12. The van der Waals surface area contributed by atoms with E-state index >= 15 is 0 Å². The molecule has 2 unspecified atom stereocenters. The third-order valence-electron chi connectivity index (χ3n) is 4.50. The van der Waals surface area contributed by atoms with Crippen molar-refractivity contribution in [2.24, 2.45) is 5.92 Å². The largest absolute Gasteiger partial charge is 0.478 e. The maximum Gasteiger partial charge on any atom is 0.335 e. The molecule has 1 aliphatic carbocycles. The quantitative estimate of drug-likeness (QED) is 0.929. The second-order valence-corrected chi connectivity index (χ2v) is 8.36. The molecule has 1 N–H and O–H groups in total. The average molecular weight is 310 g/mol. The first-order chi connectivity index (χ1) is 9.73. The van der Waals surface area contributed by atoms with Crippen LogP contribution in [0.1, 0.15) is 54.1 Å². The first-order valence-electron chi connectivity index (χ1n) is 7.32. The summed E-state index contributed by atoms with van der Waals surface area (Å²) >= 11 is 0. The molecule has 5 heteroatoms. The van der Waals surface area contributed by atoms with Gasteiger partial charge in [0.25, 0.3) is 0 Å². The van der Waals surface area contributed by atoms with Gasteiger partial charge in [0.15, 0.2) is 9.84 Å². The number of hydrogen-bond acceptors (Lipinski definition) is 3. The normalized spacial score (nSPS) is 23.0. The smallest absolute Gasteiger partial charge is 0.335 e. The van der Waals surface area contributed by atoms with Crippen LogP contribution in [-0.4, -0.2) is 24.7 Å². The van der Waals surface area contributed by atoms with Crippen molar-refractivity contribution in [2.45, 2.75) is 56.6 Å². The van der Waals surface area contributed by atoms with Crippen LogP contribution in [0.4, 0.5) is 0 Å². The van der Waals surface area contributed by atoms with Crippen molar-refractivity contribution < 1.29 is 18.3 Å². The Labute approximate surface area is 126 Å². The second-order valence-electron chi connectivity index (χ2n) is 6.16. The average Bonchev–Trinajstić information content (AvgIpc) is 2.41. The van der Waals surface area contributed by atoms with Gasteiger partial charge in [-0.2, -0.15) is 0 Å². The predicted octanol–water partition coefficient (Wildman–Crippen LogP) is 3.35. The minimum atomic E-state index is -3.47. The molecule has 0 aromatic heterocycles.